The molecule has 0 saturated heterocycles. The molecule has 0 heterocycles. The van der Waals surface area contributed by atoms with E-state index in [-0.39, 0.29) is 0 Å². The van der Waals surface area contributed by atoms with Crippen molar-refractivity contribution in [1.29, 1.82) is 0 Å². The predicted molar refractivity (Wildman–Crippen MR) is 81.4 cm³/mol. The summed E-state index contributed by atoms with van der Waals surface area (Å²) in [5.74, 6) is 0. The van der Waals surface area contributed by atoms with E-state index in [0.29, 0.717) is 0 Å². The molecule has 0 spiro atoms. The first kappa shape index (κ1) is 12.4. The fourth-order valence-electron chi connectivity index (χ4n) is 2.10. The molecule has 0 aromatic heterocycles. The molecule has 2 aromatic carbocycles. The van der Waals surface area contributed by atoms with Crippen LogP contribution in [-0.2, 0) is 0 Å². The normalized spacial score (nSPS) is 10.8. The quantitative estimate of drug-likeness (QED) is 0.672. The summed E-state index contributed by atoms with van der Waals surface area (Å²) in [6, 6.07) is 15.0. The van der Waals surface area contributed by atoms with E-state index in [4.69, 9.17) is 0 Å². The van der Waals surface area contributed by atoms with Crippen LogP contribution in [0.15, 0.2) is 55.1 Å². The van der Waals surface area contributed by atoms with Gasteiger partial charge in [-0.25, -0.2) is 0 Å². The van der Waals surface area contributed by atoms with Crippen LogP contribution >= 0.6 is 0 Å². The molecule has 2 aromatic rings. The highest BCUT2D eigenvalue weighted by Crippen LogP contribution is 2.28. The first-order chi connectivity index (χ1) is 8.76. The summed E-state index contributed by atoms with van der Waals surface area (Å²) in [7, 11) is 0. The van der Waals surface area contributed by atoms with E-state index in [1.54, 1.807) is 0 Å². The second-order valence-corrected chi connectivity index (χ2v) is 4.38. The van der Waals surface area contributed by atoms with Gasteiger partial charge < -0.3 is 0 Å². The maximum Gasteiger partial charge on any atom is -0.0106 e. The molecule has 0 nitrogen and oxygen atoms in total. The monoisotopic (exact) mass is 234 g/mol. The van der Waals surface area contributed by atoms with Crippen LogP contribution in [0.1, 0.15) is 23.6 Å². The number of hydrogen-bond donors (Lipinski definition) is 0. The van der Waals surface area contributed by atoms with Crippen LogP contribution in [0.5, 0.6) is 0 Å². The molecule has 0 saturated carbocycles. The van der Waals surface area contributed by atoms with Crippen molar-refractivity contribution in [3.63, 3.8) is 0 Å². The number of benzene rings is 2. The summed E-state index contributed by atoms with van der Waals surface area (Å²) in [6.45, 7) is 8.04. The minimum Gasteiger partial charge on any atom is -0.0984 e. The molecule has 0 bridgehead atoms. The fourth-order valence-corrected chi connectivity index (χ4v) is 2.10. The number of allylic oxidation sites excluding steroid dienone is 1. The molecule has 0 N–H and O–H groups in total. The third kappa shape index (κ3) is 2.43. The lowest BCUT2D eigenvalue weighted by Gasteiger charge is -2.10. The van der Waals surface area contributed by atoms with Crippen LogP contribution in [0.3, 0.4) is 0 Å². The van der Waals surface area contributed by atoms with Gasteiger partial charge in [0.1, 0.15) is 0 Å². The number of hydrogen-bond acceptors (Lipinski definition) is 0. The van der Waals surface area contributed by atoms with Gasteiger partial charge in [0, 0.05) is 0 Å². The Hall–Kier alpha value is -2.08. The van der Waals surface area contributed by atoms with Crippen molar-refractivity contribution in [3.8, 4) is 11.1 Å². The van der Waals surface area contributed by atoms with Gasteiger partial charge in [-0.1, -0.05) is 72.8 Å². The Balaban J connectivity index is 2.63. The highest BCUT2D eigenvalue weighted by molar-refractivity contribution is 5.80. The van der Waals surface area contributed by atoms with E-state index >= 15 is 0 Å². The van der Waals surface area contributed by atoms with Gasteiger partial charge in [-0.05, 0) is 36.1 Å². The Kier molecular flexibility index (Phi) is 3.78. The summed E-state index contributed by atoms with van der Waals surface area (Å²) >= 11 is 0. The van der Waals surface area contributed by atoms with Gasteiger partial charge in [-0.3, -0.25) is 0 Å². The topological polar surface area (TPSA) is 0 Å². The van der Waals surface area contributed by atoms with Gasteiger partial charge in [0.2, 0.25) is 0 Å². The van der Waals surface area contributed by atoms with Crippen molar-refractivity contribution in [2.75, 3.05) is 0 Å². The molecule has 90 valence electrons. The summed E-state index contributed by atoms with van der Waals surface area (Å²) in [6.07, 6.45) is 6.12. The Morgan fingerprint density at radius 2 is 1.72 bits per heavy atom. The van der Waals surface area contributed by atoms with Crippen LogP contribution in [0, 0.1) is 6.92 Å². The largest absolute Gasteiger partial charge is 0.0984 e. The zero-order valence-corrected chi connectivity index (χ0v) is 11.0. The lowest BCUT2D eigenvalue weighted by molar-refractivity contribution is 1.46. The molecule has 0 unspecified atom stereocenters. The second-order valence-electron chi connectivity index (χ2n) is 4.38. The van der Waals surface area contributed by atoms with E-state index in [0.717, 1.165) is 0 Å². The van der Waals surface area contributed by atoms with Crippen LogP contribution < -0.4 is 0 Å². The molecule has 0 aliphatic rings. The molecule has 0 heteroatoms. The smallest absolute Gasteiger partial charge is 0.0106 e. The summed E-state index contributed by atoms with van der Waals surface area (Å²) in [5.41, 5.74) is 6.19. The molecule has 0 aliphatic carbocycles. The Morgan fingerprint density at radius 3 is 2.33 bits per heavy atom. The third-order valence-electron chi connectivity index (χ3n) is 3.06. The zero-order valence-electron chi connectivity index (χ0n) is 11.0. The Labute approximate surface area is 109 Å². The molecule has 0 amide bonds. The summed E-state index contributed by atoms with van der Waals surface area (Å²) < 4.78 is 0. The SMILES string of the molecule is C=Cc1cccc(-c2ccc(C)cc2)c1/C=C\C. The minimum atomic E-state index is 1.17. The van der Waals surface area contributed by atoms with Crippen LogP contribution in [0.4, 0.5) is 0 Å². The van der Waals surface area contributed by atoms with Gasteiger partial charge in [-0.15, -0.1) is 0 Å². The van der Waals surface area contributed by atoms with Crippen molar-refractivity contribution >= 4 is 12.2 Å². The van der Waals surface area contributed by atoms with Gasteiger partial charge in [0.15, 0.2) is 0 Å². The summed E-state index contributed by atoms with van der Waals surface area (Å²) in [5, 5.41) is 0. The highest BCUT2D eigenvalue weighted by atomic mass is 14.1. The molecular formula is C18H18. The first-order valence-corrected chi connectivity index (χ1v) is 6.21. The van der Waals surface area contributed by atoms with Gasteiger partial charge in [-0.2, -0.15) is 0 Å². The molecule has 0 fully saturated rings. The summed E-state index contributed by atoms with van der Waals surface area (Å²) in [4.78, 5) is 0. The molecular weight excluding hydrogens is 216 g/mol. The lowest BCUT2D eigenvalue weighted by atomic mass is 9.94. The van der Waals surface area contributed by atoms with E-state index in [2.05, 4.69) is 68.1 Å². The van der Waals surface area contributed by atoms with E-state index in [9.17, 15) is 0 Å². The number of rotatable bonds is 3. The van der Waals surface area contributed by atoms with Gasteiger partial charge >= 0.3 is 0 Å². The molecule has 18 heavy (non-hydrogen) atoms. The molecule has 0 radical (unpaired) electrons. The Bertz CT molecular complexity index is 571. The van der Waals surface area contributed by atoms with Crippen molar-refractivity contribution < 1.29 is 0 Å². The lowest BCUT2D eigenvalue weighted by Crippen LogP contribution is -1.87. The van der Waals surface area contributed by atoms with Crippen LogP contribution in [0.2, 0.25) is 0 Å². The standard InChI is InChI=1S/C18H18/c1-4-7-17-15(5-2)8-6-9-18(17)16-12-10-14(3)11-13-16/h4-13H,2H2,1,3H3/b7-4-. The second kappa shape index (κ2) is 5.50. The van der Waals surface area contributed by atoms with E-state index in [1.807, 2.05) is 13.0 Å². The zero-order chi connectivity index (χ0) is 13.0. The number of aryl methyl sites for hydroxylation is 1. The van der Waals surface area contributed by atoms with Crippen LogP contribution in [0.25, 0.3) is 23.3 Å². The highest BCUT2D eigenvalue weighted by Gasteiger charge is 2.05. The van der Waals surface area contributed by atoms with Crippen molar-refractivity contribution in [3.05, 3.63) is 71.8 Å². The molecule has 0 atom stereocenters. The average Bonchev–Trinajstić information content (AvgIpc) is 2.40. The fraction of sp³-hybridized carbons (Fsp3) is 0.111. The van der Waals surface area contributed by atoms with E-state index in [1.165, 1.54) is 27.8 Å². The molecule has 2 rings (SSSR count). The maximum atomic E-state index is 3.89. The predicted octanol–water partition coefficient (Wildman–Crippen LogP) is 5.34. The van der Waals surface area contributed by atoms with Crippen molar-refractivity contribution in [2.45, 2.75) is 13.8 Å². The third-order valence-corrected chi connectivity index (χ3v) is 3.06. The van der Waals surface area contributed by atoms with Crippen molar-refractivity contribution in [2.24, 2.45) is 0 Å². The first-order valence-electron chi connectivity index (χ1n) is 6.21. The maximum absolute atomic E-state index is 3.89. The van der Waals surface area contributed by atoms with E-state index < -0.39 is 0 Å². The van der Waals surface area contributed by atoms with Crippen molar-refractivity contribution in [1.82, 2.24) is 0 Å². The average molecular weight is 234 g/mol. The van der Waals surface area contributed by atoms with Gasteiger partial charge in [0.05, 0.1) is 0 Å². The molecule has 0 aliphatic heterocycles. The minimum absolute atomic E-state index is 1.17. The van der Waals surface area contributed by atoms with Gasteiger partial charge in [0.25, 0.3) is 0 Å². The van der Waals surface area contributed by atoms with Crippen LogP contribution in [-0.4, -0.2) is 0 Å². The Morgan fingerprint density at radius 1 is 1.00 bits per heavy atom.